The number of hydrogen-bond acceptors (Lipinski definition) is 2. The van der Waals surface area contributed by atoms with Gasteiger partial charge >= 0.3 is 0 Å². The molecule has 0 fully saturated rings. The van der Waals surface area contributed by atoms with E-state index in [9.17, 15) is 0 Å². The third kappa shape index (κ3) is 2.06. The van der Waals surface area contributed by atoms with E-state index in [0.29, 0.717) is 5.92 Å². The number of aryl methyl sites for hydroxylation is 2. The highest BCUT2D eigenvalue weighted by Gasteiger charge is 2.27. The number of rotatable bonds is 1. The fraction of sp³-hybridized carbons (Fsp3) is 0.471. The van der Waals surface area contributed by atoms with E-state index in [1.165, 1.54) is 28.2 Å². The molecule has 0 bridgehead atoms. The zero-order valence-corrected chi connectivity index (χ0v) is 12.8. The van der Waals surface area contributed by atoms with Gasteiger partial charge in [-0.3, -0.25) is 0 Å². The average Bonchev–Trinajstić information content (AvgIpc) is 2.68. The van der Waals surface area contributed by atoms with Gasteiger partial charge in [-0.05, 0) is 32.8 Å². The van der Waals surface area contributed by atoms with Crippen LogP contribution in [-0.4, -0.2) is 15.6 Å². The lowest BCUT2D eigenvalue weighted by molar-refractivity contribution is 0.403. The summed E-state index contributed by atoms with van der Waals surface area (Å²) in [6, 6.07) is 6.83. The molecule has 2 aromatic rings. The molecule has 0 saturated heterocycles. The summed E-state index contributed by atoms with van der Waals surface area (Å²) >= 11 is 0. The van der Waals surface area contributed by atoms with Crippen LogP contribution in [0.4, 0.5) is 0 Å². The van der Waals surface area contributed by atoms with Crippen LogP contribution in [0.25, 0.3) is 11.3 Å². The minimum Gasteiger partial charge on any atom is -0.330 e. The Hall–Kier alpha value is -1.61. The lowest BCUT2D eigenvalue weighted by atomic mass is 9.98. The number of hydrogen-bond donors (Lipinski definition) is 1. The molecule has 1 aromatic heterocycles. The first-order valence-corrected chi connectivity index (χ1v) is 7.37. The molecular weight excluding hydrogens is 246 g/mol. The fourth-order valence-electron chi connectivity index (χ4n) is 3.37. The summed E-state index contributed by atoms with van der Waals surface area (Å²) in [5.41, 5.74) is 12.4. The smallest absolute Gasteiger partial charge is 0.112 e. The normalized spacial score (nSPS) is 21.9. The van der Waals surface area contributed by atoms with Crippen LogP contribution in [0.15, 0.2) is 18.2 Å². The van der Waals surface area contributed by atoms with Crippen molar-refractivity contribution >= 4 is 0 Å². The lowest BCUT2D eigenvalue weighted by Gasteiger charge is -2.26. The monoisotopic (exact) mass is 269 g/mol. The molecule has 106 valence electrons. The van der Waals surface area contributed by atoms with E-state index in [1.54, 1.807) is 0 Å². The minimum atomic E-state index is 0.248. The predicted molar refractivity (Wildman–Crippen MR) is 82.9 cm³/mol. The van der Waals surface area contributed by atoms with Gasteiger partial charge in [0.2, 0.25) is 0 Å². The molecule has 20 heavy (non-hydrogen) atoms. The lowest BCUT2D eigenvalue weighted by Crippen LogP contribution is -2.34. The van der Waals surface area contributed by atoms with Crippen molar-refractivity contribution in [3.8, 4) is 11.3 Å². The van der Waals surface area contributed by atoms with E-state index in [2.05, 4.69) is 50.5 Å². The second-order valence-corrected chi connectivity index (χ2v) is 6.23. The second kappa shape index (κ2) is 4.74. The summed E-state index contributed by atoms with van der Waals surface area (Å²) in [6.07, 6.45) is 1.03. The molecule has 3 heteroatoms. The third-order valence-electron chi connectivity index (χ3n) is 4.40. The van der Waals surface area contributed by atoms with Crippen LogP contribution in [0.1, 0.15) is 41.9 Å². The van der Waals surface area contributed by atoms with Crippen LogP contribution in [-0.2, 0) is 6.54 Å². The van der Waals surface area contributed by atoms with Crippen LogP contribution in [0, 0.1) is 20.8 Å². The van der Waals surface area contributed by atoms with Gasteiger partial charge in [-0.15, -0.1) is 0 Å². The van der Waals surface area contributed by atoms with E-state index in [-0.39, 0.29) is 6.04 Å². The van der Waals surface area contributed by atoms with E-state index in [4.69, 9.17) is 10.7 Å². The van der Waals surface area contributed by atoms with E-state index in [0.717, 1.165) is 18.7 Å². The molecule has 1 aromatic carbocycles. The molecule has 2 heterocycles. The highest BCUT2D eigenvalue weighted by Crippen LogP contribution is 2.33. The highest BCUT2D eigenvalue weighted by atomic mass is 15.1. The van der Waals surface area contributed by atoms with Gasteiger partial charge in [-0.25, -0.2) is 4.98 Å². The van der Waals surface area contributed by atoms with Crippen molar-refractivity contribution in [2.75, 3.05) is 0 Å². The van der Waals surface area contributed by atoms with E-state index < -0.39 is 0 Å². The van der Waals surface area contributed by atoms with Crippen molar-refractivity contribution in [3.05, 3.63) is 40.8 Å². The van der Waals surface area contributed by atoms with Crippen molar-refractivity contribution in [1.29, 1.82) is 0 Å². The van der Waals surface area contributed by atoms with Crippen LogP contribution >= 0.6 is 0 Å². The second-order valence-electron chi connectivity index (χ2n) is 6.23. The Balaban J connectivity index is 2.14. The van der Waals surface area contributed by atoms with Gasteiger partial charge in [0.1, 0.15) is 5.82 Å². The first-order valence-electron chi connectivity index (χ1n) is 7.37. The molecule has 0 saturated carbocycles. The zero-order valence-electron chi connectivity index (χ0n) is 12.8. The molecule has 0 radical (unpaired) electrons. The Labute approximate surface area is 120 Å². The maximum Gasteiger partial charge on any atom is 0.112 e. The summed E-state index contributed by atoms with van der Waals surface area (Å²) in [4.78, 5) is 4.93. The van der Waals surface area contributed by atoms with Crippen LogP contribution in [0.2, 0.25) is 0 Å². The van der Waals surface area contributed by atoms with Crippen molar-refractivity contribution in [2.45, 2.75) is 52.6 Å². The highest BCUT2D eigenvalue weighted by molar-refractivity contribution is 5.66. The first kappa shape index (κ1) is 13.4. The van der Waals surface area contributed by atoms with Gasteiger partial charge in [-0.1, -0.05) is 30.7 Å². The summed E-state index contributed by atoms with van der Waals surface area (Å²) in [5.74, 6) is 1.64. The molecule has 2 N–H and O–H groups in total. The number of benzene rings is 1. The minimum absolute atomic E-state index is 0.248. The third-order valence-corrected chi connectivity index (χ3v) is 4.40. The predicted octanol–water partition coefficient (Wildman–Crippen LogP) is 3.31. The fourth-order valence-corrected chi connectivity index (χ4v) is 3.37. The Bertz CT molecular complexity index is 654. The van der Waals surface area contributed by atoms with Crippen LogP contribution in [0.5, 0.6) is 0 Å². The maximum absolute atomic E-state index is 6.16. The van der Waals surface area contributed by atoms with Crippen LogP contribution < -0.4 is 5.73 Å². The zero-order chi connectivity index (χ0) is 14.4. The van der Waals surface area contributed by atoms with Crippen molar-refractivity contribution < 1.29 is 0 Å². The molecule has 0 spiro atoms. The Morgan fingerprint density at radius 2 is 2.00 bits per heavy atom. The summed E-state index contributed by atoms with van der Waals surface area (Å²) < 4.78 is 2.31. The van der Waals surface area contributed by atoms with Crippen molar-refractivity contribution in [3.63, 3.8) is 0 Å². The molecule has 2 atom stereocenters. The maximum atomic E-state index is 6.16. The summed E-state index contributed by atoms with van der Waals surface area (Å²) in [6.45, 7) is 9.57. The number of imidazole rings is 1. The Kier molecular flexibility index (Phi) is 3.17. The molecule has 3 rings (SSSR count). The van der Waals surface area contributed by atoms with Gasteiger partial charge in [-0.2, -0.15) is 0 Å². The van der Waals surface area contributed by atoms with Crippen molar-refractivity contribution in [1.82, 2.24) is 9.55 Å². The number of aromatic nitrogens is 2. The van der Waals surface area contributed by atoms with Gasteiger partial charge < -0.3 is 10.3 Å². The van der Waals surface area contributed by atoms with Crippen LogP contribution in [0.3, 0.4) is 0 Å². The van der Waals surface area contributed by atoms with Gasteiger partial charge in [0.25, 0.3) is 0 Å². The van der Waals surface area contributed by atoms with Gasteiger partial charge in [0, 0.05) is 29.8 Å². The topological polar surface area (TPSA) is 43.8 Å². The number of nitrogens with zero attached hydrogens (tertiary/aromatic N) is 2. The SMILES string of the molecule is Cc1ccc(-c2nc3n(c2C)CC(N)CC3C)c(C)c1. The molecule has 0 aliphatic carbocycles. The Morgan fingerprint density at radius 3 is 2.70 bits per heavy atom. The first-order chi connectivity index (χ1) is 9.47. The van der Waals surface area contributed by atoms with E-state index in [1.807, 2.05) is 0 Å². The molecule has 3 nitrogen and oxygen atoms in total. The largest absolute Gasteiger partial charge is 0.330 e. The van der Waals surface area contributed by atoms with Gasteiger partial charge in [0.15, 0.2) is 0 Å². The van der Waals surface area contributed by atoms with Gasteiger partial charge in [0.05, 0.1) is 5.69 Å². The number of fused-ring (bicyclic) bond motifs is 1. The molecular formula is C17H23N3. The molecule has 0 amide bonds. The Morgan fingerprint density at radius 1 is 1.25 bits per heavy atom. The standard InChI is InChI=1S/C17H23N3/c1-10-5-6-15(11(2)7-10)16-13(4)20-9-14(18)8-12(3)17(20)19-16/h5-7,12,14H,8-9,18H2,1-4H3. The van der Waals surface area contributed by atoms with E-state index >= 15 is 0 Å². The summed E-state index contributed by atoms with van der Waals surface area (Å²) in [5, 5.41) is 0. The molecule has 1 aliphatic rings. The molecule has 1 aliphatic heterocycles. The summed E-state index contributed by atoms with van der Waals surface area (Å²) in [7, 11) is 0. The van der Waals surface area contributed by atoms with Crippen molar-refractivity contribution in [2.24, 2.45) is 5.73 Å². The quantitative estimate of drug-likeness (QED) is 0.863. The average molecular weight is 269 g/mol. The number of nitrogens with two attached hydrogens (primary N) is 1. The molecule has 2 unspecified atom stereocenters.